The van der Waals surface area contributed by atoms with Crippen LogP contribution in [-0.2, 0) is 4.79 Å². The van der Waals surface area contributed by atoms with E-state index in [0.29, 0.717) is 12.2 Å². The molecule has 0 aliphatic carbocycles. The Bertz CT molecular complexity index is 488. The fraction of sp³-hybridized carbons (Fsp3) is 0.500. The quantitative estimate of drug-likeness (QED) is 0.743. The summed E-state index contributed by atoms with van der Waals surface area (Å²) in [5.41, 5.74) is 0.396. The molecule has 6 nitrogen and oxygen atoms in total. The molecule has 1 unspecified atom stereocenters. The molecule has 1 heterocycles. The fourth-order valence-electron chi connectivity index (χ4n) is 1.57. The summed E-state index contributed by atoms with van der Waals surface area (Å²) >= 11 is 0. The Morgan fingerprint density at radius 2 is 2.15 bits per heavy atom. The summed E-state index contributed by atoms with van der Waals surface area (Å²) in [6.07, 6.45) is 1.11. The minimum atomic E-state index is -1.18. The fourth-order valence-corrected chi connectivity index (χ4v) is 1.57. The molecule has 0 spiro atoms. The zero-order valence-corrected chi connectivity index (χ0v) is 12.0. The van der Waals surface area contributed by atoms with Crippen LogP contribution >= 0.6 is 0 Å². The Morgan fingerprint density at radius 1 is 1.45 bits per heavy atom. The van der Waals surface area contributed by atoms with Crippen LogP contribution in [0.1, 0.15) is 42.9 Å². The monoisotopic (exact) mass is 280 g/mol. The first-order valence-electron chi connectivity index (χ1n) is 6.61. The smallest absolute Gasteiger partial charge is 0.358 e. The van der Waals surface area contributed by atoms with E-state index in [-0.39, 0.29) is 17.4 Å². The predicted octanol–water partition coefficient (Wildman–Crippen LogP) is 1.77. The molecule has 1 rings (SSSR count). The minimum Gasteiger partial charge on any atom is -0.478 e. The van der Waals surface area contributed by atoms with Crippen LogP contribution in [0, 0.1) is 6.92 Å². The molecule has 0 saturated carbocycles. The maximum Gasteiger partial charge on any atom is 0.358 e. The largest absolute Gasteiger partial charge is 0.478 e. The number of pyridine rings is 1. The lowest BCUT2D eigenvalue weighted by atomic mass is 10.2. The number of carboxylic acids is 1. The van der Waals surface area contributed by atoms with Crippen molar-refractivity contribution in [1.82, 2.24) is 10.3 Å². The summed E-state index contributed by atoms with van der Waals surface area (Å²) < 4.78 is 5.40. The number of ether oxygens (including phenoxy) is 1. The normalized spacial score (nSPS) is 11.8. The molecular formula is C14H20N2O4. The summed E-state index contributed by atoms with van der Waals surface area (Å²) in [5, 5.41) is 11.8. The van der Waals surface area contributed by atoms with E-state index in [1.54, 1.807) is 19.9 Å². The van der Waals surface area contributed by atoms with Crippen molar-refractivity contribution in [2.45, 2.75) is 39.7 Å². The van der Waals surface area contributed by atoms with Gasteiger partial charge >= 0.3 is 5.97 Å². The topological polar surface area (TPSA) is 88.5 Å². The van der Waals surface area contributed by atoms with Gasteiger partial charge in [0.05, 0.1) is 0 Å². The van der Waals surface area contributed by atoms with Crippen LogP contribution in [0.4, 0.5) is 0 Å². The van der Waals surface area contributed by atoms with Crippen molar-refractivity contribution in [3.8, 4) is 5.75 Å². The Balaban J connectivity index is 2.72. The highest BCUT2D eigenvalue weighted by Gasteiger charge is 2.19. The van der Waals surface area contributed by atoms with Crippen LogP contribution in [-0.4, -0.2) is 34.6 Å². The molecular weight excluding hydrogens is 260 g/mol. The first-order chi connectivity index (χ1) is 9.45. The third kappa shape index (κ3) is 4.53. The molecule has 0 fully saturated rings. The molecule has 1 aromatic rings. The number of aromatic carboxylic acids is 1. The second kappa shape index (κ2) is 7.47. The number of nitrogens with zero attached hydrogens (tertiary/aromatic N) is 1. The lowest BCUT2D eigenvalue weighted by Gasteiger charge is -2.15. The van der Waals surface area contributed by atoms with Gasteiger partial charge in [-0.2, -0.15) is 0 Å². The van der Waals surface area contributed by atoms with Gasteiger partial charge in [0.25, 0.3) is 5.91 Å². The van der Waals surface area contributed by atoms with E-state index in [4.69, 9.17) is 9.84 Å². The molecule has 0 aromatic carbocycles. The summed E-state index contributed by atoms with van der Waals surface area (Å²) in [6, 6.07) is 3.16. The molecule has 0 saturated heterocycles. The van der Waals surface area contributed by atoms with E-state index >= 15 is 0 Å². The summed E-state index contributed by atoms with van der Waals surface area (Å²) in [7, 11) is 0. The minimum absolute atomic E-state index is 0.0984. The number of amides is 1. The molecule has 0 radical (unpaired) electrons. The van der Waals surface area contributed by atoms with E-state index in [1.807, 2.05) is 6.92 Å². The van der Waals surface area contributed by atoms with E-state index in [1.165, 1.54) is 6.07 Å². The highest BCUT2D eigenvalue weighted by Crippen LogP contribution is 2.18. The molecule has 2 N–H and O–H groups in total. The maximum atomic E-state index is 11.8. The van der Waals surface area contributed by atoms with Crippen molar-refractivity contribution < 1.29 is 19.4 Å². The van der Waals surface area contributed by atoms with E-state index in [2.05, 4.69) is 10.3 Å². The summed E-state index contributed by atoms with van der Waals surface area (Å²) in [5.74, 6) is -1.35. The summed E-state index contributed by atoms with van der Waals surface area (Å²) in [6.45, 7) is 5.88. The Morgan fingerprint density at radius 3 is 2.75 bits per heavy atom. The number of hydrogen-bond donors (Lipinski definition) is 2. The van der Waals surface area contributed by atoms with E-state index < -0.39 is 12.1 Å². The number of carboxylic acid groups (broad SMARTS) is 1. The van der Waals surface area contributed by atoms with Crippen LogP contribution < -0.4 is 10.1 Å². The standard InChI is InChI=1S/C14H20N2O4/c1-4-5-8-15-13(17)10(3)20-11-7-6-9(2)16-12(11)14(18)19/h6-7,10H,4-5,8H2,1-3H3,(H,15,17)(H,18,19). The molecule has 1 amide bonds. The molecule has 6 heteroatoms. The van der Waals surface area contributed by atoms with Crippen LogP contribution in [0.5, 0.6) is 5.75 Å². The van der Waals surface area contributed by atoms with Gasteiger partial charge in [0.15, 0.2) is 17.5 Å². The molecule has 20 heavy (non-hydrogen) atoms. The number of carbonyl (C=O) groups excluding carboxylic acids is 1. The Hall–Kier alpha value is -2.11. The lowest BCUT2D eigenvalue weighted by molar-refractivity contribution is -0.127. The molecule has 1 aromatic heterocycles. The van der Waals surface area contributed by atoms with Crippen LogP contribution in [0.25, 0.3) is 0 Å². The third-order valence-corrected chi connectivity index (χ3v) is 2.70. The highest BCUT2D eigenvalue weighted by molar-refractivity contribution is 5.89. The number of rotatable bonds is 7. The van der Waals surface area contributed by atoms with Gasteiger partial charge in [-0.15, -0.1) is 0 Å². The van der Waals surface area contributed by atoms with Crippen molar-refractivity contribution in [3.63, 3.8) is 0 Å². The lowest BCUT2D eigenvalue weighted by Crippen LogP contribution is -2.37. The van der Waals surface area contributed by atoms with Gasteiger partial charge in [0, 0.05) is 12.2 Å². The number of aromatic nitrogens is 1. The first kappa shape index (κ1) is 15.9. The Kier molecular flexibility index (Phi) is 5.96. The van der Waals surface area contributed by atoms with E-state index in [9.17, 15) is 9.59 Å². The second-order valence-electron chi connectivity index (χ2n) is 4.51. The molecule has 0 aliphatic rings. The van der Waals surface area contributed by atoms with Crippen molar-refractivity contribution in [1.29, 1.82) is 0 Å². The number of unbranched alkanes of at least 4 members (excludes halogenated alkanes) is 1. The van der Waals surface area contributed by atoms with Gasteiger partial charge < -0.3 is 15.2 Å². The molecule has 1 atom stereocenters. The summed E-state index contributed by atoms with van der Waals surface area (Å²) in [4.78, 5) is 26.8. The first-order valence-corrected chi connectivity index (χ1v) is 6.61. The average Bonchev–Trinajstić information content (AvgIpc) is 2.40. The second-order valence-corrected chi connectivity index (χ2v) is 4.51. The molecule has 0 bridgehead atoms. The maximum absolute atomic E-state index is 11.8. The van der Waals surface area contributed by atoms with Gasteiger partial charge in [0.1, 0.15) is 0 Å². The van der Waals surface area contributed by atoms with Gasteiger partial charge in [0.2, 0.25) is 0 Å². The zero-order valence-electron chi connectivity index (χ0n) is 12.0. The van der Waals surface area contributed by atoms with Crippen molar-refractivity contribution in [2.24, 2.45) is 0 Å². The zero-order chi connectivity index (χ0) is 15.1. The SMILES string of the molecule is CCCCNC(=O)C(C)Oc1ccc(C)nc1C(=O)O. The highest BCUT2D eigenvalue weighted by atomic mass is 16.5. The average molecular weight is 280 g/mol. The van der Waals surface area contributed by atoms with Crippen LogP contribution in [0.3, 0.4) is 0 Å². The van der Waals surface area contributed by atoms with Crippen LogP contribution in [0.2, 0.25) is 0 Å². The van der Waals surface area contributed by atoms with Crippen molar-refractivity contribution in [3.05, 3.63) is 23.5 Å². The van der Waals surface area contributed by atoms with E-state index in [0.717, 1.165) is 12.8 Å². The van der Waals surface area contributed by atoms with Gasteiger partial charge in [-0.05, 0) is 32.4 Å². The number of nitrogens with one attached hydrogen (secondary N) is 1. The van der Waals surface area contributed by atoms with Gasteiger partial charge in [-0.25, -0.2) is 9.78 Å². The predicted molar refractivity (Wildman–Crippen MR) is 73.9 cm³/mol. The molecule has 110 valence electrons. The van der Waals surface area contributed by atoms with Crippen molar-refractivity contribution in [2.75, 3.05) is 6.54 Å². The number of hydrogen-bond acceptors (Lipinski definition) is 4. The van der Waals surface area contributed by atoms with Gasteiger partial charge in [-0.1, -0.05) is 13.3 Å². The molecule has 0 aliphatic heterocycles. The third-order valence-electron chi connectivity index (χ3n) is 2.70. The van der Waals surface area contributed by atoms with Crippen molar-refractivity contribution >= 4 is 11.9 Å². The van der Waals surface area contributed by atoms with Gasteiger partial charge in [-0.3, -0.25) is 4.79 Å². The van der Waals surface area contributed by atoms with Crippen LogP contribution in [0.15, 0.2) is 12.1 Å². The Labute approximate surface area is 118 Å². The number of carbonyl (C=O) groups is 2. The number of aryl methyl sites for hydroxylation is 1.